The Morgan fingerprint density at radius 1 is 1.22 bits per heavy atom. The number of rotatable bonds is 3. The number of nitrogens with zero attached hydrogens (tertiary/aromatic N) is 4. The highest BCUT2D eigenvalue weighted by molar-refractivity contribution is 5.53. The largest absolute Gasteiger partial charge is 0.435 e. The van der Waals surface area contributed by atoms with Crippen molar-refractivity contribution in [2.75, 3.05) is 5.32 Å². The molecule has 1 aromatic heterocycles. The molecule has 0 amide bonds. The van der Waals surface area contributed by atoms with E-state index in [0.717, 1.165) is 29.2 Å². The molecule has 0 bridgehead atoms. The first-order chi connectivity index (χ1) is 10.8. The summed E-state index contributed by atoms with van der Waals surface area (Å²) >= 11 is 0. The molecule has 1 aromatic carbocycles. The second-order valence-electron chi connectivity index (χ2n) is 4.24. The number of aromatic nitrogens is 2. The van der Waals surface area contributed by atoms with Crippen LogP contribution < -0.4 is 5.32 Å². The second kappa shape index (κ2) is 6.20. The quantitative estimate of drug-likeness (QED) is 0.694. The van der Waals surface area contributed by atoms with E-state index in [1.165, 1.54) is 12.1 Å². The lowest BCUT2D eigenvalue weighted by Gasteiger charge is -2.07. The fourth-order valence-electron chi connectivity index (χ4n) is 1.64. The van der Waals surface area contributed by atoms with E-state index in [-0.39, 0.29) is 16.9 Å². The van der Waals surface area contributed by atoms with Crippen LogP contribution in [-0.4, -0.2) is 9.78 Å². The van der Waals surface area contributed by atoms with Crippen molar-refractivity contribution in [2.24, 2.45) is 0 Å². The lowest BCUT2D eigenvalue weighted by Crippen LogP contribution is -2.08. The van der Waals surface area contributed by atoms with E-state index in [1.54, 1.807) is 12.1 Å². The van der Waals surface area contributed by atoms with Crippen LogP contribution >= 0.6 is 0 Å². The van der Waals surface area contributed by atoms with Gasteiger partial charge in [0.2, 0.25) is 0 Å². The number of benzene rings is 1. The summed E-state index contributed by atoms with van der Waals surface area (Å²) in [5.41, 5.74) is -1.29. The third-order valence-corrected chi connectivity index (χ3v) is 2.70. The predicted octanol–water partition coefficient (Wildman–Crippen LogP) is 3.37. The van der Waals surface area contributed by atoms with E-state index in [0.29, 0.717) is 0 Å². The Labute approximate surface area is 127 Å². The van der Waals surface area contributed by atoms with Crippen LogP contribution in [0.4, 0.5) is 23.2 Å². The van der Waals surface area contributed by atoms with Gasteiger partial charge in [0.05, 0.1) is 0 Å². The molecule has 5 nitrogen and oxygen atoms in total. The molecule has 0 aliphatic carbocycles. The Bertz CT molecular complexity index is 820. The van der Waals surface area contributed by atoms with E-state index in [2.05, 4.69) is 10.4 Å². The van der Waals surface area contributed by atoms with E-state index < -0.39 is 17.7 Å². The van der Waals surface area contributed by atoms with Gasteiger partial charge in [-0.05, 0) is 24.3 Å². The normalized spacial score (nSPS) is 10.5. The fraction of sp³-hybridized carbons (Fsp3) is 0.0714. The second-order valence-corrected chi connectivity index (χ2v) is 4.24. The third kappa shape index (κ3) is 3.66. The topological polar surface area (TPSA) is 77.4 Å². The molecular weight excluding hydrogens is 314 g/mol. The van der Waals surface area contributed by atoms with Crippen molar-refractivity contribution in [3.8, 4) is 17.8 Å². The van der Waals surface area contributed by atoms with Gasteiger partial charge in [-0.3, -0.25) is 0 Å². The van der Waals surface area contributed by atoms with E-state index >= 15 is 0 Å². The maximum absolute atomic E-state index is 14.0. The average molecular weight is 321 g/mol. The molecule has 2 aromatic rings. The molecule has 0 spiro atoms. The Kier molecular flexibility index (Phi) is 4.32. The summed E-state index contributed by atoms with van der Waals surface area (Å²) in [5.74, 6) is -0.823. The molecule has 1 N–H and O–H groups in total. The van der Waals surface area contributed by atoms with Gasteiger partial charge in [-0.25, -0.2) is 9.07 Å². The van der Waals surface area contributed by atoms with Crippen molar-refractivity contribution in [2.45, 2.75) is 6.18 Å². The van der Waals surface area contributed by atoms with Crippen LogP contribution in [0, 0.1) is 28.5 Å². The summed E-state index contributed by atoms with van der Waals surface area (Å²) in [5, 5.41) is 22.9. The summed E-state index contributed by atoms with van der Waals surface area (Å²) in [4.78, 5) is 0. The summed E-state index contributed by atoms with van der Waals surface area (Å²) in [6.07, 6.45) is -2.53. The number of hydrogen-bond acceptors (Lipinski definition) is 4. The molecule has 23 heavy (non-hydrogen) atoms. The molecule has 2 rings (SSSR count). The minimum absolute atomic E-state index is 0.171. The molecule has 9 heteroatoms. The number of halogens is 4. The molecule has 0 aliphatic rings. The van der Waals surface area contributed by atoms with Gasteiger partial charge >= 0.3 is 6.18 Å². The van der Waals surface area contributed by atoms with Crippen molar-refractivity contribution in [1.29, 1.82) is 10.5 Å². The third-order valence-electron chi connectivity index (χ3n) is 2.70. The highest BCUT2D eigenvalue weighted by Crippen LogP contribution is 2.28. The summed E-state index contributed by atoms with van der Waals surface area (Å²) < 4.78 is 52.2. The zero-order chi connectivity index (χ0) is 17.0. The summed E-state index contributed by atoms with van der Waals surface area (Å²) in [6, 6.07) is 7.56. The van der Waals surface area contributed by atoms with Crippen LogP contribution in [-0.2, 0) is 6.18 Å². The first kappa shape index (κ1) is 16.0. The van der Waals surface area contributed by atoms with E-state index in [1.807, 2.05) is 0 Å². The minimum Gasteiger partial charge on any atom is -0.360 e. The molecule has 116 valence electrons. The van der Waals surface area contributed by atoms with Gasteiger partial charge in [0.1, 0.15) is 23.4 Å². The fourth-order valence-corrected chi connectivity index (χ4v) is 1.64. The molecule has 0 saturated heterocycles. The monoisotopic (exact) mass is 321 g/mol. The SMILES string of the molecule is N#CC(C#N)=CNc1ccc(-n2ccc(C(F)(F)F)n2)c(F)c1. The zero-order valence-corrected chi connectivity index (χ0v) is 11.3. The number of nitriles is 2. The maximum Gasteiger partial charge on any atom is 0.435 e. The first-order valence-corrected chi connectivity index (χ1v) is 6.05. The molecule has 0 saturated carbocycles. The van der Waals surface area contributed by atoms with E-state index in [4.69, 9.17) is 10.5 Å². The number of hydrogen-bond donors (Lipinski definition) is 1. The van der Waals surface area contributed by atoms with Gasteiger partial charge in [0.15, 0.2) is 11.5 Å². The maximum atomic E-state index is 14.0. The van der Waals surface area contributed by atoms with Gasteiger partial charge in [0.25, 0.3) is 0 Å². The molecule has 0 atom stereocenters. The highest BCUT2D eigenvalue weighted by Gasteiger charge is 2.33. The number of nitrogens with one attached hydrogen (secondary N) is 1. The molecule has 0 radical (unpaired) electrons. The highest BCUT2D eigenvalue weighted by atomic mass is 19.4. The minimum atomic E-state index is -4.61. The van der Waals surface area contributed by atoms with Gasteiger partial charge < -0.3 is 5.32 Å². The smallest absolute Gasteiger partial charge is 0.360 e. The van der Waals surface area contributed by atoms with Crippen molar-refractivity contribution >= 4 is 5.69 Å². The van der Waals surface area contributed by atoms with Gasteiger partial charge in [-0.2, -0.15) is 28.8 Å². The molecule has 1 heterocycles. The van der Waals surface area contributed by atoms with Crippen LogP contribution in [0.2, 0.25) is 0 Å². The van der Waals surface area contributed by atoms with Crippen LogP contribution in [0.5, 0.6) is 0 Å². The standard InChI is InChI=1S/C14H7F4N5/c15-11-5-10(21-8-9(6-19)7-20)1-2-12(11)23-4-3-13(22-23)14(16,17)18/h1-5,8,21H. The molecule has 0 unspecified atom stereocenters. The first-order valence-electron chi connectivity index (χ1n) is 6.05. The van der Waals surface area contributed by atoms with Crippen molar-refractivity contribution in [1.82, 2.24) is 9.78 Å². The summed E-state index contributed by atoms with van der Waals surface area (Å²) in [7, 11) is 0. The molecular formula is C14H7F4N5. The zero-order valence-electron chi connectivity index (χ0n) is 11.3. The van der Waals surface area contributed by atoms with Crippen LogP contribution in [0.25, 0.3) is 5.69 Å². The molecule has 0 fully saturated rings. The lowest BCUT2D eigenvalue weighted by molar-refractivity contribution is -0.141. The van der Waals surface area contributed by atoms with Crippen LogP contribution in [0.1, 0.15) is 5.69 Å². The molecule has 0 aliphatic heterocycles. The Balaban J connectivity index is 2.27. The number of alkyl halides is 3. The Morgan fingerprint density at radius 3 is 2.43 bits per heavy atom. The van der Waals surface area contributed by atoms with Crippen molar-refractivity contribution in [3.63, 3.8) is 0 Å². The average Bonchev–Trinajstić information content (AvgIpc) is 2.98. The summed E-state index contributed by atoms with van der Waals surface area (Å²) in [6.45, 7) is 0. The number of allylic oxidation sites excluding steroid dienone is 1. The predicted molar refractivity (Wildman–Crippen MR) is 71.5 cm³/mol. The van der Waals surface area contributed by atoms with Crippen molar-refractivity contribution < 1.29 is 17.6 Å². The van der Waals surface area contributed by atoms with Gasteiger partial charge in [0, 0.05) is 18.1 Å². The van der Waals surface area contributed by atoms with Crippen LogP contribution in [0.3, 0.4) is 0 Å². The Hall–Kier alpha value is -3.33. The van der Waals surface area contributed by atoms with Crippen LogP contribution in [0.15, 0.2) is 42.2 Å². The van der Waals surface area contributed by atoms with Gasteiger partial charge in [-0.1, -0.05) is 0 Å². The number of anilines is 1. The van der Waals surface area contributed by atoms with Gasteiger partial charge in [-0.15, -0.1) is 0 Å². The van der Waals surface area contributed by atoms with E-state index in [9.17, 15) is 17.6 Å². The Morgan fingerprint density at radius 2 is 1.91 bits per heavy atom. The van der Waals surface area contributed by atoms with Crippen molar-refractivity contribution in [3.05, 3.63) is 53.7 Å². The lowest BCUT2D eigenvalue weighted by atomic mass is 10.2.